The first-order valence-electron chi connectivity index (χ1n) is 5.26. The Bertz CT molecular complexity index is 572. The van der Waals surface area contributed by atoms with E-state index in [4.69, 9.17) is 0 Å². The van der Waals surface area contributed by atoms with Crippen molar-refractivity contribution in [3.05, 3.63) is 30.6 Å². The number of aromatic nitrogens is 2. The minimum atomic E-state index is -0.252. The lowest BCUT2D eigenvalue weighted by Crippen LogP contribution is -1.92. The van der Waals surface area contributed by atoms with Gasteiger partial charge in [0.25, 0.3) is 0 Å². The second kappa shape index (κ2) is 4.78. The van der Waals surface area contributed by atoms with Crippen molar-refractivity contribution in [3.8, 4) is 0 Å². The van der Waals surface area contributed by atoms with Crippen molar-refractivity contribution in [2.45, 2.75) is 13.3 Å². The smallest absolute Gasteiger partial charge is 0.334 e. The quantitative estimate of drug-likeness (QED) is 0.650. The van der Waals surface area contributed by atoms with E-state index in [0.717, 1.165) is 11.2 Å². The largest absolute Gasteiger partial charge is 0.340 e. The summed E-state index contributed by atoms with van der Waals surface area (Å²) in [6.45, 7) is 1.75. The second-order valence-electron chi connectivity index (χ2n) is 3.81. The molecule has 0 radical (unpaired) electrons. The van der Waals surface area contributed by atoms with Crippen molar-refractivity contribution >= 4 is 22.7 Å². The molecule has 1 aromatic carbocycles. The lowest BCUT2D eigenvalue weighted by atomic mass is 10.3. The minimum absolute atomic E-state index is 0.252. The van der Waals surface area contributed by atoms with Crippen LogP contribution in [0.2, 0.25) is 0 Å². The van der Waals surface area contributed by atoms with Crippen LogP contribution in [0.5, 0.6) is 0 Å². The lowest BCUT2D eigenvalue weighted by Gasteiger charge is -1.90. The van der Waals surface area contributed by atoms with Crippen molar-refractivity contribution in [3.63, 3.8) is 0 Å². The number of rotatable bonds is 0. The van der Waals surface area contributed by atoms with Gasteiger partial charge in [-0.25, -0.2) is 9.78 Å². The van der Waals surface area contributed by atoms with E-state index in [2.05, 4.69) is 21.0 Å². The van der Waals surface area contributed by atoms with E-state index in [9.17, 15) is 4.79 Å². The zero-order chi connectivity index (χ0) is 12.3. The van der Waals surface area contributed by atoms with Gasteiger partial charge in [0.1, 0.15) is 0 Å². The number of nitrogens with zero attached hydrogens (tertiary/aromatic N) is 3. The van der Waals surface area contributed by atoms with Gasteiger partial charge < -0.3 is 9.40 Å². The molecule has 1 aliphatic heterocycles. The topological polar surface area (TPSA) is 56.5 Å². The van der Waals surface area contributed by atoms with Crippen LogP contribution in [0.15, 0.2) is 35.7 Å². The van der Waals surface area contributed by atoms with Gasteiger partial charge in [-0.1, -0.05) is 17.3 Å². The summed E-state index contributed by atoms with van der Waals surface area (Å²) in [6.07, 6.45) is 2.19. The van der Waals surface area contributed by atoms with Gasteiger partial charge in [0.15, 0.2) is 0 Å². The van der Waals surface area contributed by atoms with Gasteiger partial charge in [-0.15, -0.1) is 0 Å². The molecule has 3 rings (SSSR count). The predicted octanol–water partition coefficient (Wildman–Crippen LogP) is 1.88. The van der Waals surface area contributed by atoms with Crippen LogP contribution < -0.4 is 0 Å². The van der Waals surface area contributed by atoms with E-state index in [1.807, 2.05) is 36.1 Å². The minimum Gasteiger partial charge on any atom is -0.334 e. The normalized spacial score (nSPS) is 14.0. The molecule has 2 aromatic rings. The van der Waals surface area contributed by atoms with Gasteiger partial charge in [0.05, 0.1) is 29.5 Å². The molecule has 88 valence electrons. The Morgan fingerprint density at radius 3 is 2.65 bits per heavy atom. The Kier molecular flexibility index (Phi) is 3.18. The molecular formula is C12H13N3O2. The molecule has 0 saturated carbocycles. The maximum absolute atomic E-state index is 10.1. The number of imidazole rings is 1. The molecule has 5 nitrogen and oxygen atoms in total. The number of fused-ring (bicyclic) bond motifs is 1. The number of carbonyl (C=O) groups excluding carboxylic acids is 1. The Balaban J connectivity index is 0.000000136. The third-order valence-electron chi connectivity index (χ3n) is 2.34. The molecule has 17 heavy (non-hydrogen) atoms. The number of aryl methyl sites for hydroxylation is 1. The highest BCUT2D eigenvalue weighted by molar-refractivity contribution is 6.00. The molecule has 0 unspecified atom stereocenters. The molecule has 0 aliphatic carbocycles. The summed E-state index contributed by atoms with van der Waals surface area (Å²) in [7, 11) is 2.00. The average molecular weight is 231 g/mol. The SMILES string of the molecule is CC1=NOC(=O)C1.Cn1cnc2ccccc21. The standard InChI is InChI=1S/C8H8N2.C4H5NO2/c1-10-6-9-7-4-2-3-5-8(7)10;1-3-2-4(6)7-5-3/h2-6H,1H3;2H2,1H3. The maximum Gasteiger partial charge on any atom is 0.340 e. The Labute approximate surface area is 98.7 Å². The zero-order valence-corrected chi connectivity index (χ0v) is 9.75. The van der Waals surface area contributed by atoms with E-state index < -0.39 is 0 Å². The van der Waals surface area contributed by atoms with E-state index >= 15 is 0 Å². The van der Waals surface area contributed by atoms with Gasteiger partial charge in [0, 0.05) is 7.05 Å². The number of oxime groups is 1. The summed E-state index contributed by atoms with van der Waals surface area (Å²) in [5.41, 5.74) is 3.00. The fourth-order valence-electron chi connectivity index (χ4n) is 1.48. The fraction of sp³-hybridized carbons (Fsp3) is 0.250. The maximum atomic E-state index is 10.1. The third-order valence-corrected chi connectivity index (χ3v) is 2.34. The van der Waals surface area contributed by atoms with E-state index in [-0.39, 0.29) is 5.97 Å². The summed E-state index contributed by atoms with van der Waals surface area (Å²) in [4.78, 5) is 18.5. The Morgan fingerprint density at radius 1 is 1.35 bits per heavy atom. The molecule has 0 spiro atoms. The molecule has 0 fully saturated rings. The van der Waals surface area contributed by atoms with E-state index in [1.165, 1.54) is 5.52 Å². The molecule has 0 atom stereocenters. The summed E-state index contributed by atoms with van der Waals surface area (Å²) in [6, 6.07) is 8.08. The average Bonchev–Trinajstić information content (AvgIpc) is 2.88. The Morgan fingerprint density at radius 2 is 2.12 bits per heavy atom. The number of hydrogen-bond acceptors (Lipinski definition) is 4. The summed E-state index contributed by atoms with van der Waals surface area (Å²) >= 11 is 0. The lowest BCUT2D eigenvalue weighted by molar-refractivity contribution is -0.140. The van der Waals surface area contributed by atoms with Crippen molar-refractivity contribution in [2.75, 3.05) is 0 Å². The highest BCUT2D eigenvalue weighted by atomic mass is 16.7. The third kappa shape index (κ3) is 2.69. The van der Waals surface area contributed by atoms with Crippen LogP contribution in [0.25, 0.3) is 11.0 Å². The van der Waals surface area contributed by atoms with Gasteiger partial charge >= 0.3 is 5.97 Å². The van der Waals surface area contributed by atoms with Crippen LogP contribution in [0.4, 0.5) is 0 Å². The van der Waals surface area contributed by atoms with Crippen LogP contribution in [0.3, 0.4) is 0 Å². The summed E-state index contributed by atoms with van der Waals surface area (Å²) in [5.74, 6) is -0.252. The predicted molar refractivity (Wildman–Crippen MR) is 64.5 cm³/mol. The summed E-state index contributed by atoms with van der Waals surface area (Å²) < 4.78 is 2.01. The fourth-order valence-corrected chi connectivity index (χ4v) is 1.48. The highest BCUT2D eigenvalue weighted by Crippen LogP contribution is 2.08. The second-order valence-corrected chi connectivity index (χ2v) is 3.81. The molecule has 2 heterocycles. The summed E-state index contributed by atoms with van der Waals surface area (Å²) in [5, 5.41) is 3.38. The molecule has 0 N–H and O–H groups in total. The first-order valence-corrected chi connectivity index (χ1v) is 5.26. The first-order chi connectivity index (χ1) is 8.16. The number of hydrogen-bond donors (Lipinski definition) is 0. The van der Waals surface area contributed by atoms with Crippen LogP contribution in [0.1, 0.15) is 13.3 Å². The monoisotopic (exact) mass is 231 g/mol. The van der Waals surface area contributed by atoms with E-state index in [1.54, 1.807) is 6.92 Å². The van der Waals surface area contributed by atoms with Crippen LogP contribution >= 0.6 is 0 Å². The molecule has 1 aliphatic rings. The van der Waals surface area contributed by atoms with Gasteiger partial charge in [0.2, 0.25) is 0 Å². The van der Waals surface area contributed by atoms with Crippen LogP contribution in [0, 0.1) is 0 Å². The van der Waals surface area contributed by atoms with Crippen molar-refractivity contribution in [1.29, 1.82) is 0 Å². The number of carbonyl (C=O) groups is 1. The van der Waals surface area contributed by atoms with E-state index in [0.29, 0.717) is 6.42 Å². The number of para-hydroxylation sites is 2. The molecule has 0 amide bonds. The Hall–Kier alpha value is -2.17. The van der Waals surface area contributed by atoms with Crippen molar-refractivity contribution < 1.29 is 9.63 Å². The number of benzene rings is 1. The van der Waals surface area contributed by atoms with Gasteiger partial charge in [-0.3, -0.25) is 0 Å². The van der Waals surface area contributed by atoms with Crippen LogP contribution in [-0.4, -0.2) is 21.2 Å². The molecule has 0 saturated heterocycles. The van der Waals surface area contributed by atoms with Gasteiger partial charge in [-0.2, -0.15) is 0 Å². The van der Waals surface area contributed by atoms with Crippen molar-refractivity contribution in [2.24, 2.45) is 12.2 Å². The van der Waals surface area contributed by atoms with Crippen molar-refractivity contribution in [1.82, 2.24) is 9.55 Å². The first kappa shape index (κ1) is 11.3. The van der Waals surface area contributed by atoms with Crippen LogP contribution in [-0.2, 0) is 16.7 Å². The zero-order valence-electron chi connectivity index (χ0n) is 9.75. The highest BCUT2D eigenvalue weighted by Gasteiger charge is 2.11. The molecule has 1 aromatic heterocycles. The molecule has 0 bridgehead atoms. The molecule has 5 heteroatoms. The van der Waals surface area contributed by atoms with Gasteiger partial charge in [-0.05, 0) is 19.1 Å². The molecular weight excluding hydrogens is 218 g/mol.